The molecule has 1 aliphatic rings. The van der Waals surface area contributed by atoms with Crippen molar-refractivity contribution in [2.24, 2.45) is 0 Å². The molecule has 1 fully saturated rings. The molecule has 88 valence electrons. The number of amides is 1. The van der Waals surface area contributed by atoms with Gasteiger partial charge in [0.05, 0.1) is 0 Å². The van der Waals surface area contributed by atoms with E-state index in [9.17, 15) is 18.0 Å². The lowest BCUT2D eigenvalue weighted by molar-refractivity contribution is -0.176. The van der Waals surface area contributed by atoms with Gasteiger partial charge in [0.2, 0.25) is 0 Å². The van der Waals surface area contributed by atoms with Gasteiger partial charge in [0, 0.05) is 18.6 Å². The van der Waals surface area contributed by atoms with Crippen LogP contribution in [0.1, 0.15) is 19.8 Å². The van der Waals surface area contributed by atoms with Crippen LogP contribution in [0.3, 0.4) is 0 Å². The Morgan fingerprint density at radius 3 is 2.20 bits per heavy atom. The van der Waals surface area contributed by atoms with Crippen molar-refractivity contribution in [2.75, 3.05) is 20.1 Å². The van der Waals surface area contributed by atoms with Gasteiger partial charge in [0.25, 0.3) is 0 Å². The summed E-state index contributed by atoms with van der Waals surface area (Å²) in [5.41, 5.74) is -0.723. The minimum Gasteiger partial charge on any atom is -0.343 e. The fourth-order valence-corrected chi connectivity index (χ4v) is 1.58. The molecular weight excluding hydrogens is 209 g/mol. The Labute approximate surface area is 86.6 Å². The molecule has 0 aromatic rings. The first-order chi connectivity index (χ1) is 6.73. The van der Waals surface area contributed by atoms with E-state index in [0.29, 0.717) is 25.9 Å². The van der Waals surface area contributed by atoms with Crippen molar-refractivity contribution in [3.05, 3.63) is 0 Å². The summed E-state index contributed by atoms with van der Waals surface area (Å²) in [7, 11) is 1.91. The van der Waals surface area contributed by atoms with Gasteiger partial charge in [-0.25, -0.2) is 0 Å². The van der Waals surface area contributed by atoms with Crippen LogP contribution in [0.5, 0.6) is 0 Å². The van der Waals surface area contributed by atoms with Crippen molar-refractivity contribution in [3.63, 3.8) is 0 Å². The summed E-state index contributed by atoms with van der Waals surface area (Å²) in [6.07, 6.45) is -3.69. The van der Waals surface area contributed by atoms with Gasteiger partial charge in [-0.3, -0.25) is 4.79 Å². The van der Waals surface area contributed by atoms with E-state index in [1.165, 1.54) is 0 Å². The summed E-state index contributed by atoms with van der Waals surface area (Å²) in [4.78, 5) is 12.8. The topological polar surface area (TPSA) is 32.3 Å². The van der Waals surface area contributed by atoms with Gasteiger partial charge >= 0.3 is 12.1 Å². The quantitative estimate of drug-likeness (QED) is 0.724. The van der Waals surface area contributed by atoms with E-state index in [1.54, 1.807) is 6.92 Å². The number of rotatable bonds is 1. The smallest absolute Gasteiger partial charge is 0.343 e. The number of nitrogens with zero attached hydrogens (tertiary/aromatic N) is 1. The third-order valence-electron chi connectivity index (χ3n) is 2.76. The molecule has 1 aliphatic heterocycles. The summed E-state index contributed by atoms with van der Waals surface area (Å²) in [6, 6.07) is 0. The standard InChI is InChI=1S/C9H15F3N2O/c1-8(3-5-14(2)6-4-8)13-7(15)9(10,11)12/h3-6H2,1-2H3,(H,13,15). The molecule has 0 bridgehead atoms. The van der Waals surface area contributed by atoms with Gasteiger partial charge in [-0.1, -0.05) is 0 Å². The van der Waals surface area contributed by atoms with Gasteiger partial charge < -0.3 is 10.2 Å². The van der Waals surface area contributed by atoms with E-state index in [0.717, 1.165) is 0 Å². The zero-order chi connectivity index (χ0) is 11.7. The highest BCUT2D eigenvalue weighted by molar-refractivity contribution is 5.82. The number of likely N-dealkylation sites (tertiary alicyclic amines) is 1. The van der Waals surface area contributed by atoms with E-state index < -0.39 is 17.6 Å². The van der Waals surface area contributed by atoms with Gasteiger partial charge in [-0.15, -0.1) is 0 Å². The molecule has 0 atom stereocenters. The van der Waals surface area contributed by atoms with Crippen molar-refractivity contribution in [1.29, 1.82) is 0 Å². The highest BCUT2D eigenvalue weighted by Crippen LogP contribution is 2.23. The monoisotopic (exact) mass is 224 g/mol. The van der Waals surface area contributed by atoms with Gasteiger partial charge in [0.15, 0.2) is 0 Å². The Kier molecular flexibility index (Phi) is 3.28. The first-order valence-corrected chi connectivity index (χ1v) is 4.81. The number of hydrogen-bond donors (Lipinski definition) is 1. The fraction of sp³-hybridized carbons (Fsp3) is 0.889. The Morgan fingerprint density at radius 2 is 1.80 bits per heavy atom. The SMILES string of the molecule is CN1CCC(C)(NC(=O)C(F)(F)F)CC1. The van der Waals surface area contributed by atoms with Crippen LogP contribution < -0.4 is 5.32 Å². The maximum Gasteiger partial charge on any atom is 0.471 e. The van der Waals surface area contributed by atoms with Crippen molar-refractivity contribution in [1.82, 2.24) is 10.2 Å². The summed E-state index contributed by atoms with van der Waals surface area (Å²) in [5, 5.41) is 2.07. The molecule has 0 unspecified atom stereocenters. The summed E-state index contributed by atoms with van der Waals surface area (Å²) >= 11 is 0. The molecule has 1 saturated heterocycles. The van der Waals surface area contributed by atoms with E-state index in [1.807, 2.05) is 11.9 Å². The lowest BCUT2D eigenvalue weighted by atomic mass is 9.90. The van der Waals surface area contributed by atoms with Crippen molar-refractivity contribution >= 4 is 5.91 Å². The van der Waals surface area contributed by atoms with Crippen LogP contribution in [0.2, 0.25) is 0 Å². The Hall–Kier alpha value is -0.780. The molecule has 0 spiro atoms. The average Bonchev–Trinajstić information content (AvgIpc) is 2.09. The molecule has 0 saturated carbocycles. The molecule has 1 amide bonds. The van der Waals surface area contributed by atoms with Crippen LogP contribution in [-0.2, 0) is 4.79 Å². The second kappa shape index (κ2) is 4.00. The number of halogens is 3. The molecule has 6 heteroatoms. The predicted octanol–water partition coefficient (Wildman–Crippen LogP) is 1.15. The van der Waals surface area contributed by atoms with Gasteiger partial charge in [0.1, 0.15) is 0 Å². The van der Waals surface area contributed by atoms with Crippen LogP contribution in [0.15, 0.2) is 0 Å². The maximum absolute atomic E-state index is 12.0. The van der Waals surface area contributed by atoms with Crippen LogP contribution in [0.25, 0.3) is 0 Å². The molecular formula is C9H15F3N2O. The number of carbonyl (C=O) groups excluding carboxylic acids is 1. The highest BCUT2D eigenvalue weighted by atomic mass is 19.4. The third-order valence-corrected chi connectivity index (χ3v) is 2.76. The fourth-order valence-electron chi connectivity index (χ4n) is 1.58. The molecule has 0 aliphatic carbocycles. The molecule has 0 aromatic heterocycles. The molecule has 1 heterocycles. The normalized spacial score (nSPS) is 22.5. The number of hydrogen-bond acceptors (Lipinski definition) is 2. The highest BCUT2D eigenvalue weighted by Gasteiger charge is 2.43. The van der Waals surface area contributed by atoms with Crippen LogP contribution >= 0.6 is 0 Å². The van der Waals surface area contributed by atoms with Crippen molar-refractivity contribution in [3.8, 4) is 0 Å². The molecule has 0 radical (unpaired) electrons. The molecule has 15 heavy (non-hydrogen) atoms. The third kappa shape index (κ3) is 3.37. The van der Waals surface area contributed by atoms with E-state index in [-0.39, 0.29) is 0 Å². The first kappa shape index (κ1) is 12.3. The van der Waals surface area contributed by atoms with Gasteiger partial charge in [-0.05, 0) is 26.8 Å². The van der Waals surface area contributed by atoms with Crippen molar-refractivity contribution < 1.29 is 18.0 Å². The minimum absolute atomic E-state index is 0.547. The van der Waals surface area contributed by atoms with E-state index in [4.69, 9.17) is 0 Å². The number of alkyl halides is 3. The predicted molar refractivity (Wildman–Crippen MR) is 49.3 cm³/mol. The zero-order valence-electron chi connectivity index (χ0n) is 8.82. The van der Waals surface area contributed by atoms with E-state index >= 15 is 0 Å². The Morgan fingerprint density at radius 1 is 1.33 bits per heavy atom. The second-order valence-corrected chi connectivity index (χ2v) is 4.32. The Balaban J connectivity index is 2.54. The van der Waals surface area contributed by atoms with Crippen LogP contribution in [-0.4, -0.2) is 42.7 Å². The molecule has 1 N–H and O–H groups in total. The minimum atomic E-state index is -4.79. The lowest BCUT2D eigenvalue weighted by Gasteiger charge is -2.38. The first-order valence-electron chi connectivity index (χ1n) is 4.81. The van der Waals surface area contributed by atoms with Crippen molar-refractivity contribution in [2.45, 2.75) is 31.5 Å². The molecule has 3 nitrogen and oxygen atoms in total. The van der Waals surface area contributed by atoms with Crippen LogP contribution in [0, 0.1) is 0 Å². The number of piperidine rings is 1. The molecule has 1 rings (SSSR count). The lowest BCUT2D eigenvalue weighted by Crippen LogP contribution is -2.55. The maximum atomic E-state index is 12.0. The second-order valence-electron chi connectivity index (χ2n) is 4.32. The van der Waals surface area contributed by atoms with Crippen LogP contribution in [0.4, 0.5) is 13.2 Å². The zero-order valence-corrected chi connectivity index (χ0v) is 8.82. The van der Waals surface area contributed by atoms with E-state index in [2.05, 4.69) is 5.32 Å². The summed E-state index contributed by atoms with van der Waals surface area (Å²) in [6.45, 7) is 3.06. The number of nitrogens with one attached hydrogen (secondary N) is 1. The summed E-state index contributed by atoms with van der Waals surface area (Å²) < 4.78 is 36.1. The Bertz CT molecular complexity index is 244. The van der Waals surface area contributed by atoms with Gasteiger partial charge in [-0.2, -0.15) is 13.2 Å². The number of carbonyl (C=O) groups is 1. The molecule has 0 aromatic carbocycles. The summed E-state index contributed by atoms with van der Waals surface area (Å²) in [5.74, 6) is -1.84. The largest absolute Gasteiger partial charge is 0.471 e. The average molecular weight is 224 g/mol.